The lowest BCUT2D eigenvalue weighted by Crippen LogP contribution is -2.48. The minimum atomic E-state index is 0.830. The fraction of sp³-hybridized carbons (Fsp3) is 0.833. The first-order chi connectivity index (χ1) is 6.34. The molecule has 0 aromatic rings. The van der Waals surface area contributed by atoms with E-state index in [1.54, 1.807) is 0 Å². The maximum absolute atomic E-state index is 3.73. The van der Waals surface area contributed by atoms with Gasteiger partial charge in [0.25, 0.3) is 0 Å². The molecule has 0 saturated heterocycles. The van der Waals surface area contributed by atoms with E-state index < -0.39 is 0 Å². The van der Waals surface area contributed by atoms with Crippen molar-refractivity contribution < 1.29 is 0 Å². The highest BCUT2D eigenvalue weighted by molar-refractivity contribution is 5.13. The van der Waals surface area contributed by atoms with Gasteiger partial charge in [-0.25, -0.2) is 0 Å². The van der Waals surface area contributed by atoms with Crippen LogP contribution >= 0.6 is 0 Å². The van der Waals surface area contributed by atoms with Crippen molar-refractivity contribution in [2.75, 3.05) is 6.54 Å². The fourth-order valence-electron chi connectivity index (χ4n) is 2.93. The van der Waals surface area contributed by atoms with Crippen LogP contribution in [0, 0.1) is 23.7 Å². The van der Waals surface area contributed by atoms with Gasteiger partial charge in [0.15, 0.2) is 0 Å². The lowest BCUT2D eigenvalue weighted by molar-refractivity contribution is 0.162. The van der Waals surface area contributed by atoms with E-state index in [-0.39, 0.29) is 0 Å². The first-order valence-corrected chi connectivity index (χ1v) is 5.74. The highest BCUT2D eigenvalue weighted by Gasteiger charge is 2.42. The van der Waals surface area contributed by atoms with Crippen LogP contribution < -0.4 is 5.32 Å². The molecular weight excluding hydrogens is 158 g/mol. The van der Waals surface area contributed by atoms with Crippen molar-refractivity contribution >= 4 is 0 Å². The summed E-state index contributed by atoms with van der Waals surface area (Å²) in [5.41, 5.74) is 0. The molecule has 0 amide bonds. The monoisotopic (exact) mass is 177 g/mol. The Balaban J connectivity index is 1.44. The molecule has 1 heteroatoms. The summed E-state index contributed by atoms with van der Waals surface area (Å²) in [5, 5.41) is 3.73. The largest absolute Gasteiger partial charge is 0.313 e. The molecule has 3 aliphatic rings. The first kappa shape index (κ1) is 8.05. The van der Waals surface area contributed by atoms with Gasteiger partial charge in [0, 0.05) is 6.04 Å². The van der Waals surface area contributed by atoms with Crippen LogP contribution in [0.4, 0.5) is 0 Å². The summed E-state index contributed by atoms with van der Waals surface area (Å²) in [6.07, 6.45) is 9.05. The highest BCUT2D eigenvalue weighted by atomic mass is 15.0. The third-order valence-corrected chi connectivity index (χ3v) is 4.28. The van der Waals surface area contributed by atoms with Crippen LogP contribution in [-0.4, -0.2) is 12.6 Å². The Hall–Kier alpha value is -0.300. The second-order valence-corrected chi connectivity index (χ2v) is 5.22. The van der Waals surface area contributed by atoms with Gasteiger partial charge in [-0.3, -0.25) is 0 Å². The van der Waals surface area contributed by atoms with E-state index in [1.807, 2.05) is 0 Å². The summed E-state index contributed by atoms with van der Waals surface area (Å²) < 4.78 is 0. The van der Waals surface area contributed by atoms with Crippen LogP contribution in [0.2, 0.25) is 0 Å². The molecule has 2 fully saturated rings. The number of nitrogens with one attached hydrogen (secondary N) is 1. The minimum Gasteiger partial charge on any atom is -0.313 e. The quantitative estimate of drug-likeness (QED) is 0.652. The molecule has 1 nitrogen and oxygen atoms in total. The summed E-state index contributed by atoms with van der Waals surface area (Å²) in [6, 6.07) is 0.830. The molecule has 0 aromatic carbocycles. The second kappa shape index (κ2) is 2.84. The molecule has 0 bridgehead atoms. The number of allylic oxidation sites excluding steroid dienone is 1. The van der Waals surface area contributed by atoms with Crippen molar-refractivity contribution in [2.45, 2.75) is 32.2 Å². The zero-order chi connectivity index (χ0) is 8.84. The Labute approximate surface area is 80.6 Å². The van der Waals surface area contributed by atoms with Gasteiger partial charge in [0.2, 0.25) is 0 Å². The van der Waals surface area contributed by atoms with Gasteiger partial charge in [-0.1, -0.05) is 19.1 Å². The molecule has 3 rings (SSSR count). The number of hydrogen-bond donors (Lipinski definition) is 1. The lowest BCUT2D eigenvalue weighted by Gasteiger charge is -2.40. The normalized spacial score (nSPS) is 51.6. The number of rotatable bonds is 3. The van der Waals surface area contributed by atoms with Gasteiger partial charge in [-0.15, -0.1) is 0 Å². The fourth-order valence-corrected chi connectivity index (χ4v) is 2.93. The minimum absolute atomic E-state index is 0.830. The third-order valence-electron chi connectivity index (χ3n) is 4.28. The van der Waals surface area contributed by atoms with E-state index in [1.165, 1.54) is 25.8 Å². The van der Waals surface area contributed by atoms with Gasteiger partial charge >= 0.3 is 0 Å². The molecule has 72 valence electrons. The summed E-state index contributed by atoms with van der Waals surface area (Å²) in [5.74, 6) is 3.91. The predicted octanol–water partition coefficient (Wildman–Crippen LogP) is 2.20. The van der Waals surface area contributed by atoms with E-state index >= 15 is 0 Å². The van der Waals surface area contributed by atoms with Crippen molar-refractivity contribution in [1.29, 1.82) is 0 Å². The maximum atomic E-state index is 3.73. The van der Waals surface area contributed by atoms with E-state index in [0.717, 1.165) is 29.7 Å². The average molecular weight is 177 g/mol. The Morgan fingerprint density at radius 3 is 2.92 bits per heavy atom. The summed E-state index contributed by atoms with van der Waals surface area (Å²) >= 11 is 0. The Morgan fingerprint density at radius 2 is 2.23 bits per heavy atom. The zero-order valence-electron chi connectivity index (χ0n) is 8.37. The van der Waals surface area contributed by atoms with E-state index in [0.29, 0.717) is 0 Å². The molecule has 5 atom stereocenters. The molecule has 3 aliphatic carbocycles. The molecule has 13 heavy (non-hydrogen) atoms. The lowest BCUT2D eigenvalue weighted by atomic mass is 9.71. The summed E-state index contributed by atoms with van der Waals surface area (Å²) in [6.45, 7) is 3.65. The highest BCUT2D eigenvalue weighted by Crippen LogP contribution is 2.43. The van der Waals surface area contributed by atoms with Crippen molar-refractivity contribution in [3.05, 3.63) is 12.2 Å². The van der Waals surface area contributed by atoms with Crippen LogP contribution in [0.1, 0.15) is 26.2 Å². The van der Waals surface area contributed by atoms with Crippen molar-refractivity contribution in [2.24, 2.45) is 23.7 Å². The second-order valence-electron chi connectivity index (χ2n) is 5.22. The maximum Gasteiger partial charge on any atom is 0.0136 e. The zero-order valence-corrected chi connectivity index (χ0v) is 8.37. The van der Waals surface area contributed by atoms with Crippen LogP contribution in [-0.2, 0) is 0 Å². The summed E-state index contributed by atoms with van der Waals surface area (Å²) in [7, 11) is 0. The standard InChI is InChI=1S/C12H19N/c1-8-5-10(8)7-13-12-6-9-3-2-4-11(9)12/h2,4,8-13H,3,5-7H2,1H3. The van der Waals surface area contributed by atoms with Crippen LogP contribution in [0.5, 0.6) is 0 Å². The summed E-state index contributed by atoms with van der Waals surface area (Å²) in [4.78, 5) is 0. The van der Waals surface area contributed by atoms with Crippen molar-refractivity contribution in [1.82, 2.24) is 5.32 Å². The Morgan fingerprint density at radius 1 is 1.38 bits per heavy atom. The average Bonchev–Trinajstić information content (AvgIpc) is 2.64. The van der Waals surface area contributed by atoms with Crippen molar-refractivity contribution in [3.63, 3.8) is 0 Å². The van der Waals surface area contributed by atoms with Crippen LogP contribution in [0.15, 0.2) is 12.2 Å². The van der Waals surface area contributed by atoms with Gasteiger partial charge in [0.05, 0.1) is 0 Å². The van der Waals surface area contributed by atoms with E-state index in [9.17, 15) is 0 Å². The topological polar surface area (TPSA) is 12.0 Å². The smallest absolute Gasteiger partial charge is 0.0136 e. The predicted molar refractivity (Wildman–Crippen MR) is 54.4 cm³/mol. The van der Waals surface area contributed by atoms with Crippen LogP contribution in [0.3, 0.4) is 0 Å². The Kier molecular flexibility index (Phi) is 1.76. The molecule has 0 aliphatic heterocycles. The van der Waals surface area contributed by atoms with E-state index in [2.05, 4.69) is 24.4 Å². The Bertz CT molecular complexity index is 233. The third kappa shape index (κ3) is 1.34. The van der Waals surface area contributed by atoms with Gasteiger partial charge in [-0.05, 0) is 49.5 Å². The molecule has 0 heterocycles. The molecular formula is C12H19N. The molecule has 1 N–H and O–H groups in total. The van der Waals surface area contributed by atoms with Gasteiger partial charge < -0.3 is 5.32 Å². The molecule has 0 aromatic heterocycles. The molecule has 0 radical (unpaired) electrons. The van der Waals surface area contributed by atoms with Gasteiger partial charge in [-0.2, -0.15) is 0 Å². The molecule has 0 spiro atoms. The first-order valence-electron chi connectivity index (χ1n) is 5.74. The van der Waals surface area contributed by atoms with E-state index in [4.69, 9.17) is 0 Å². The number of fused-ring (bicyclic) bond motifs is 1. The molecule has 5 unspecified atom stereocenters. The number of hydrogen-bond acceptors (Lipinski definition) is 1. The van der Waals surface area contributed by atoms with Gasteiger partial charge in [0.1, 0.15) is 0 Å². The SMILES string of the molecule is CC1CC1CNC1CC2CC=CC21. The molecule has 2 saturated carbocycles. The van der Waals surface area contributed by atoms with Crippen LogP contribution in [0.25, 0.3) is 0 Å². The van der Waals surface area contributed by atoms with Crippen molar-refractivity contribution in [3.8, 4) is 0 Å².